The van der Waals surface area contributed by atoms with Crippen LogP contribution in [0.3, 0.4) is 0 Å². The molecule has 1 heterocycles. The molecule has 0 saturated carbocycles. The lowest BCUT2D eigenvalue weighted by Crippen LogP contribution is -2.30. The van der Waals surface area contributed by atoms with E-state index in [9.17, 15) is 9.59 Å². The van der Waals surface area contributed by atoms with E-state index in [0.717, 1.165) is 22.4 Å². The third kappa shape index (κ3) is 2.82. The first kappa shape index (κ1) is 14.9. The van der Waals surface area contributed by atoms with Crippen LogP contribution in [0.15, 0.2) is 53.0 Å². The second-order valence-electron chi connectivity index (χ2n) is 4.98. The fourth-order valence-electron chi connectivity index (χ4n) is 2.40. The number of benzene rings is 2. The lowest BCUT2D eigenvalue weighted by Gasteiger charge is -2.13. The van der Waals surface area contributed by atoms with Crippen LogP contribution in [0, 0.1) is 0 Å². The van der Waals surface area contributed by atoms with Crippen LogP contribution < -0.4 is 0 Å². The normalized spacial score (nSPS) is 13.6. The quantitative estimate of drug-likeness (QED) is 0.605. The molecule has 0 bridgehead atoms. The fourth-order valence-corrected chi connectivity index (χ4v) is 2.89. The zero-order valence-electron chi connectivity index (χ0n) is 11.8. The lowest BCUT2D eigenvalue weighted by molar-refractivity contribution is -0.0918. The molecule has 1 aliphatic rings. The van der Waals surface area contributed by atoms with Crippen LogP contribution in [-0.4, -0.2) is 23.5 Å². The molecule has 2 aromatic carbocycles. The zero-order chi connectivity index (χ0) is 15.5. The number of aryl methyl sites for hydroxylation is 1. The Bertz CT molecular complexity index is 694. The van der Waals surface area contributed by atoms with Crippen molar-refractivity contribution < 1.29 is 14.4 Å². The van der Waals surface area contributed by atoms with Crippen LogP contribution in [0.2, 0.25) is 0 Å². The van der Waals surface area contributed by atoms with Gasteiger partial charge in [0, 0.05) is 4.47 Å². The van der Waals surface area contributed by atoms with E-state index < -0.39 is 0 Å². The highest BCUT2D eigenvalue weighted by atomic mass is 79.9. The molecule has 4 nitrogen and oxygen atoms in total. The largest absolute Gasteiger partial charge is 0.285 e. The zero-order valence-corrected chi connectivity index (χ0v) is 13.4. The van der Waals surface area contributed by atoms with Crippen LogP contribution in [0.1, 0.15) is 32.7 Å². The van der Waals surface area contributed by atoms with Gasteiger partial charge in [-0.3, -0.25) is 14.4 Å². The summed E-state index contributed by atoms with van der Waals surface area (Å²) in [5.41, 5.74) is 1.98. The number of fused-ring (bicyclic) bond motifs is 1. The number of rotatable bonds is 5. The number of hydrogen-bond donors (Lipinski definition) is 0. The van der Waals surface area contributed by atoms with Crippen LogP contribution in [0.4, 0.5) is 0 Å². The monoisotopic (exact) mass is 359 g/mol. The Kier molecular flexibility index (Phi) is 4.36. The van der Waals surface area contributed by atoms with E-state index in [1.165, 1.54) is 5.56 Å². The van der Waals surface area contributed by atoms with Gasteiger partial charge >= 0.3 is 0 Å². The number of carbonyl (C=O) groups is 2. The number of carbonyl (C=O) groups excluding carboxylic acids is 2. The summed E-state index contributed by atoms with van der Waals surface area (Å²) in [4.78, 5) is 29.6. The average molecular weight is 360 g/mol. The Labute approximate surface area is 136 Å². The van der Waals surface area contributed by atoms with Crippen LogP contribution in [0.25, 0.3) is 0 Å². The topological polar surface area (TPSA) is 46.6 Å². The van der Waals surface area contributed by atoms with Crippen LogP contribution >= 0.6 is 15.9 Å². The van der Waals surface area contributed by atoms with E-state index in [1.807, 2.05) is 24.3 Å². The summed E-state index contributed by atoms with van der Waals surface area (Å²) in [6.45, 7) is 0.312. The first-order valence-electron chi connectivity index (χ1n) is 7.02. The molecular formula is C17H14BrNO3. The number of hydroxylamine groups is 2. The third-order valence-electron chi connectivity index (χ3n) is 3.53. The van der Waals surface area contributed by atoms with Crippen molar-refractivity contribution in [2.45, 2.75) is 12.8 Å². The van der Waals surface area contributed by atoms with Gasteiger partial charge < -0.3 is 0 Å². The van der Waals surface area contributed by atoms with E-state index in [0.29, 0.717) is 17.7 Å². The van der Waals surface area contributed by atoms with Crippen LogP contribution in [-0.2, 0) is 11.3 Å². The molecule has 2 aromatic rings. The first-order valence-corrected chi connectivity index (χ1v) is 7.82. The van der Waals surface area contributed by atoms with Gasteiger partial charge in [0.15, 0.2) is 0 Å². The SMILES string of the molecule is O=C1c2ccccc2C(=O)N1OCCCc1ccccc1Br. The van der Waals surface area contributed by atoms with Crippen LogP contribution in [0.5, 0.6) is 0 Å². The number of nitrogens with zero attached hydrogens (tertiary/aromatic N) is 1. The molecule has 0 unspecified atom stereocenters. The molecule has 22 heavy (non-hydrogen) atoms. The summed E-state index contributed by atoms with van der Waals surface area (Å²) in [7, 11) is 0. The van der Waals surface area contributed by atoms with Crippen molar-refractivity contribution in [1.29, 1.82) is 0 Å². The Morgan fingerprint density at radius 1 is 0.909 bits per heavy atom. The Balaban J connectivity index is 1.56. The molecule has 0 aromatic heterocycles. The average Bonchev–Trinajstić information content (AvgIpc) is 2.78. The molecule has 0 radical (unpaired) electrons. The number of hydrogen-bond acceptors (Lipinski definition) is 3. The van der Waals surface area contributed by atoms with Crippen molar-refractivity contribution in [2.75, 3.05) is 6.61 Å². The van der Waals surface area contributed by atoms with Crippen molar-refractivity contribution in [2.24, 2.45) is 0 Å². The van der Waals surface area contributed by atoms with Crippen molar-refractivity contribution in [3.8, 4) is 0 Å². The van der Waals surface area contributed by atoms with E-state index in [2.05, 4.69) is 15.9 Å². The minimum atomic E-state index is -0.388. The Morgan fingerprint density at radius 3 is 2.14 bits per heavy atom. The smallest absolute Gasteiger partial charge is 0.266 e. The Hall–Kier alpha value is -1.98. The molecule has 112 valence electrons. The minimum Gasteiger partial charge on any atom is -0.266 e. The molecule has 3 rings (SSSR count). The first-order chi connectivity index (χ1) is 10.7. The van der Waals surface area contributed by atoms with Gasteiger partial charge in [0.2, 0.25) is 0 Å². The van der Waals surface area contributed by atoms with Gasteiger partial charge in [-0.1, -0.05) is 46.3 Å². The van der Waals surface area contributed by atoms with Crippen molar-refractivity contribution in [1.82, 2.24) is 5.06 Å². The predicted octanol–water partition coefficient (Wildman–Crippen LogP) is 3.61. The number of amides is 2. The van der Waals surface area contributed by atoms with Crippen molar-refractivity contribution in [3.63, 3.8) is 0 Å². The standard InChI is InChI=1S/C17H14BrNO3/c18-15-10-4-1-6-12(15)7-5-11-22-19-16(20)13-8-2-3-9-14(13)17(19)21/h1-4,6,8-10H,5,7,11H2. The van der Waals surface area contributed by atoms with Gasteiger partial charge in [-0.05, 0) is 36.6 Å². The highest BCUT2D eigenvalue weighted by Crippen LogP contribution is 2.23. The van der Waals surface area contributed by atoms with Gasteiger partial charge in [0.1, 0.15) is 0 Å². The molecule has 0 N–H and O–H groups in total. The number of halogens is 1. The van der Waals surface area contributed by atoms with Gasteiger partial charge in [-0.25, -0.2) is 0 Å². The van der Waals surface area contributed by atoms with E-state index >= 15 is 0 Å². The van der Waals surface area contributed by atoms with Crippen molar-refractivity contribution >= 4 is 27.7 Å². The van der Waals surface area contributed by atoms with Crippen molar-refractivity contribution in [3.05, 3.63) is 69.7 Å². The highest BCUT2D eigenvalue weighted by Gasteiger charge is 2.36. The summed E-state index contributed by atoms with van der Waals surface area (Å²) in [6.07, 6.45) is 1.53. The maximum Gasteiger partial charge on any atom is 0.285 e. The minimum absolute atomic E-state index is 0.312. The molecule has 0 saturated heterocycles. The van der Waals surface area contributed by atoms with E-state index in [-0.39, 0.29) is 11.8 Å². The summed E-state index contributed by atoms with van der Waals surface area (Å²) >= 11 is 3.49. The van der Waals surface area contributed by atoms with Gasteiger partial charge in [-0.15, -0.1) is 5.06 Å². The van der Waals surface area contributed by atoms with Gasteiger partial charge in [-0.2, -0.15) is 0 Å². The predicted molar refractivity (Wildman–Crippen MR) is 85.4 cm³/mol. The molecule has 1 aliphatic heterocycles. The fraction of sp³-hybridized carbons (Fsp3) is 0.176. The van der Waals surface area contributed by atoms with Gasteiger partial charge in [0.05, 0.1) is 17.7 Å². The molecule has 0 spiro atoms. The highest BCUT2D eigenvalue weighted by molar-refractivity contribution is 9.10. The lowest BCUT2D eigenvalue weighted by atomic mass is 10.1. The third-order valence-corrected chi connectivity index (χ3v) is 4.30. The second kappa shape index (κ2) is 6.42. The summed E-state index contributed by atoms with van der Waals surface area (Å²) in [5.74, 6) is -0.775. The second-order valence-corrected chi connectivity index (χ2v) is 5.83. The van der Waals surface area contributed by atoms with E-state index in [4.69, 9.17) is 4.84 Å². The Morgan fingerprint density at radius 2 is 1.50 bits per heavy atom. The van der Waals surface area contributed by atoms with Gasteiger partial charge in [0.25, 0.3) is 11.8 Å². The molecule has 2 amide bonds. The maximum atomic E-state index is 12.1. The molecule has 5 heteroatoms. The van der Waals surface area contributed by atoms with E-state index in [1.54, 1.807) is 24.3 Å². The maximum absolute atomic E-state index is 12.1. The summed E-state index contributed by atoms with van der Waals surface area (Å²) in [6, 6.07) is 14.7. The molecule has 0 aliphatic carbocycles. The summed E-state index contributed by atoms with van der Waals surface area (Å²) in [5, 5.41) is 0.866. The summed E-state index contributed by atoms with van der Waals surface area (Å²) < 4.78 is 1.05. The number of imide groups is 1. The molecule has 0 atom stereocenters. The molecule has 0 fully saturated rings. The molecular weight excluding hydrogens is 346 g/mol.